The van der Waals surface area contributed by atoms with Crippen LogP contribution in [0.15, 0.2) is 40.6 Å². The summed E-state index contributed by atoms with van der Waals surface area (Å²) in [5, 5.41) is 2.00. The van der Waals surface area contributed by atoms with Crippen molar-refractivity contribution in [3.63, 3.8) is 0 Å². The SMILES string of the molecule is O=C(Cc1cccs1)N1CCN(c2ccc(=O)[nH]c2)CC1. The van der Waals surface area contributed by atoms with E-state index in [9.17, 15) is 9.59 Å². The molecule has 1 amide bonds. The highest BCUT2D eigenvalue weighted by Crippen LogP contribution is 2.15. The van der Waals surface area contributed by atoms with Crippen molar-refractivity contribution in [2.45, 2.75) is 6.42 Å². The average molecular weight is 303 g/mol. The lowest BCUT2D eigenvalue weighted by Gasteiger charge is -2.36. The largest absolute Gasteiger partial charge is 0.367 e. The smallest absolute Gasteiger partial charge is 0.248 e. The number of aromatic amines is 1. The maximum absolute atomic E-state index is 12.2. The molecule has 0 atom stereocenters. The molecule has 0 aliphatic carbocycles. The summed E-state index contributed by atoms with van der Waals surface area (Å²) in [6.07, 6.45) is 2.22. The highest BCUT2D eigenvalue weighted by molar-refractivity contribution is 7.10. The standard InChI is InChI=1S/C15H17N3O2S/c19-14-4-3-12(11-16-14)17-5-7-18(8-6-17)15(20)10-13-2-1-9-21-13/h1-4,9,11H,5-8,10H2,(H,16,19). The molecule has 3 heterocycles. The third kappa shape index (κ3) is 3.33. The molecule has 5 nitrogen and oxygen atoms in total. The van der Waals surface area contributed by atoms with Crippen molar-refractivity contribution in [3.8, 4) is 0 Å². The van der Waals surface area contributed by atoms with Gasteiger partial charge in [0.2, 0.25) is 11.5 Å². The van der Waals surface area contributed by atoms with Gasteiger partial charge in [0.15, 0.2) is 0 Å². The minimum absolute atomic E-state index is 0.0940. The molecule has 2 aromatic rings. The number of carbonyl (C=O) groups is 1. The maximum atomic E-state index is 12.2. The van der Waals surface area contributed by atoms with E-state index in [1.807, 2.05) is 28.5 Å². The van der Waals surface area contributed by atoms with Crippen LogP contribution < -0.4 is 10.5 Å². The van der Waals surface area contributed by atoms with E-state index in [0.717, 1.165) is 36.7 Å². The zero-order valence-electron chi connectivity index (χ0n) is 11.6. The van der Waals surface area contributed by atoms with Crippen molar-refractivity contribution in [3.05, 3.63) is 51.1 Å². The molecule has 0 unspecified atom stereocenters. The van der Waals surface area contributed by atoms with Gasteiger partial charge < -0.3 is 14.8 Å². The highest BCUT2D eigenvalue weighted by atomic mass is 32.1. The number of hydrogen-bond acceptors (Lipinski definition) is 4. The van der Waals surface area contributed by atoms with Gasteiger partial charge in [-0.25, -0.2) is 0 Å². The first-order valence-electron chi connectivity index (χ1n) is 6.96. The van der Waals surface area contributed by atoms with Gasteiger partial charge in [0.1, 0.15) is 0 Å². The van der Waals surface area contributed by atoms with Crippen molar-refractivity contribution < 1.29 is 4.79 Å². The Labute approximate surface area is 126 Å². The van der Waals surface area contributed by atoms with Gasteiger partial charge in [-0.05, 0) is 17.5 Å². The number of piperazine rings is 1. The molecule has 0 aromatic carbocycles. The molecular weight excluding hydrogens is 286 g/mol. The van der Waals surface area contributed by atoms with Gasteiger partial charge in [0.25, 0.3) is 0 Å². The second kappa shape index (κ2) is 6.13. The molecule has 1 fully saturated rings. The predicted molar refractivity (Wildman–Crippen MR) is 83.9 cm³/mol. The first kappa shape index (κ1) is 13.9. The number of H-pyrrole nitrogens is 1. The topological polar surface area (TPSA) is 56.4 Å². The Morgan fingerprint density at radius 3 is 2.62 bits per heavy atom. The Morgan fingerprint density at radius 2 is 2.00 bits per heavy atom. The molecule has 0 spiro atoms. The summed E-state index contributed by atoms with van der Waals surface area (Å²) in [5.74, 6) is 0.193. The van der Waals surface area contributed by atoms with E-state index < -0.39 is 0 Å². The van der Waals surface area contributed by atoms with Crippen molar-refractivity contribution >= 4 is 22.9 Å². The van der Waals surface area contributed by atoms with Crippen molar-refractivity contribution in [2.24, 2.45) is 0 Å². The van der Waals surface area contributed by atoms with Gasteiger partial charge in [0.05, 0.1) is 12.1 Å². The van der Waals surface area contributed by atoms with Gasteiger partial charge >= 0.3 is 0 Å². The summed E-state index contributed by atoms with van der Waals surface area (Å²) in [5.41, 5.74) is 0.906. The van der Waals surface area contributed by atoms with Crippen LogP contribution in [0.2, 0.25) is 0 Å². The molecule has 0 saturated carbocycles. The molecule has 3 rings (SSSR count). The molecule has 1 N–H and O–H groups in total. The van der Waals surface area contributed by atoms with Crippen LogP contribution in [0, 0.1) is 0 Å². The number of hydrogen-bond donors (Lipinski definition) is 1. The number of nitrogens with one attached hydrogen (secondary N) is 1. The van der Waals surface area contributed by atoms with E-state index in [4.69, 9.17) is 0 Å². The second-order valence-corrected chi connectivity index (χ2v) is 6.07. The summed E-state index contributed by atoms with van der Waals surface area (Å²) < 4.78 is 0. The molecule has 110 valence electrons. The van der Waals surface area contributed by atoms with E-state index in [-0.39, 0.29) is 11.5 Å². The first-order chi connectivity index (χ1) is 10.2. The number of anilines is 1. The number of pyridine rings is 1. The molecule has 1 aliphatic heterocycles. The summed E-state index contributed by atoms with van der Waals surface area (Å²) in [7, 11) is 0. The Morgan fingerprint density at radius 1 is 1.19 bits per heavy atom. The fraction of sp³-hybridized carbons (Fsp3) is 0.333. The summed E-state index contributed by atoms with van der Waals surface area (Å²) in [6, 6.07) is 7.33. The summed E-state index contributed by atoms with van der Waals surface area (Å²) in [6.45, 7) is 3.04. The van der Waals surface area contributed by atoms with Crippen LogP contribution in [0.4, 0.5) is 5.69 Å². The normalized spacial score (nSPS) is 15.2. The van der Waals surface area contributed by atoms with Crippen LogP contribution in [0.5, 0.6) is 0 Å². The van der Waals surface area contributed by atoms with Crippen LogP contribution in [-0.4, -0.2) is 42.0 Å². The molecular formula is C15H17N3O2S. The van der Waals surface area contributed by atoms with Crippen LogP contribution in [-0.2, 0) is 11.2 Å². The number of aromatic nitrogens is 1. The quantitative estimate of drug-likeness (QED) is 0.930. The molecule has 0 radical (unpaired) electrons. The Kier molecular flexibility index (Phi) is 4.06. The van der Waals surface area contributed by atoms with Gasteiger partial charge in [-0.3, -0.25) is 9.59 Å². The van der Waals surface area contributed by atoms with Gasteiger partial charge in [-0.2, -0.15) is 0 Å². The number of rotatable bonds is 3. The van der Waals surface area contributed by atoms with Crippen LogP contribution in [0.3, 0.4) is 0 Å². The zero-order chi connectivity index (χ0) is 14.7. The minimum Gasteiger partial charge on any atom is -0.367 e. The molecule has 2 aromatic heterocycles. The molecule has 1 saturated heterocycles. The lowest BCUT2D eigenvalue weighted by Crippen LogP contribution is -2.49. The monoisotopic (exact) mass is 303 g/mol. The molecule has 6 heteroatoms. The number of amides is 1. The zero-order valence-corrected chi connectivity index (χ0v) is 12.4. The van der Waals surface area contributed by atoms with Gasteiger partial charge in [0, 0.05) is 43.3 Å². The highest BCUT2D eigenvalue weighted by Gasteiger charge is 2.21. The lowest BCUT2D eigenvalue weighted by molar-refractivity contribution is -0.130. The van der Waals surface area contributed by atoms with Crippen molar-refractivity contribution in [2.75, 3.05) is 31.1 Å². The van der Waals surface area contributed by atoms with Crippen LogP contribution >= 0.6 is 11.3 Å². The fourth-order valence-electron chi connectivity index (χ4n) is 2.49. The predicted octanol–water partition coefficient (Wildman–Crippen LogP) is 1.33. The molecule has 0 bridgehead atoms. The van der Waals surface area contributed by atoms with E-state index in [1.54, 1.807) is 17.5 Å². The Bertz CT molecular complexity index is 637. The van der Waals surface area contributed by atoms with Gasteiger partial charge in [-0.15, -0.1) is 11.3 Å². The number of carbonyl (C=O) groups excluding carboxylic acids is 1. The van der Waals surface area contributed by atoms with Gasteiger partial charge in [-0.1, -0.05) is 6.07 Å². The van der Waals surface area contributed by atoms with Crippen LogP contribution in [0.25, 0.3) is 0 Å². The third-order valence-corrected chi connectivity index (χ3v) is 4.55. The minimum atomic E-state index is -0.0940. The fourth-order valence-corrected chi connectivity index (χ4v) is 3.18. The number of thiophene rings is 1. The average Bonchev–Trinajstić information content (AvgIpc) is 3.01. The van der Waals surface area contributed by atoms with E-state index in [2.05, 4.69) is 9.88 Å². The summed E-state index contributed by atoms with van der Waals surface area (Å²) in [4.78, 5) is 31.2. The molecule has 1 aliphatic rings. The van der Waals surface area contributed by atoms with E-state index in [1.165, 1.54) is 6.07 Å². The van der Waals surface area contributed by atoms with E-state index >= 15 is 0 Å². The maximum Gasteiger partial charge on any atom is 0.248 e. The molecule has 21 heavy (non-hydrogen) atoms. The third-order valence-electron chi connectivity index (χ3n) is 3.67. The Balaban J connectivity index is 1.56. The summed E-state index contributed by atoms with van der Waals surface area (Å²) >= 11 is 1.62. The second-order valence-electron chi connectivity index (χ2n) is 5.04. The number of nitrogens with zero attached hydrogens (tertiary/aromatic N) is 2. The lowest BCUT2D eigenvalue weighted by atomic mass is 10.2. The van der Waals surface area contributed by atoms with Crippen molar-refractivity contribution in [1.29, 1.82) is 0 Å². The van der Waals surface area contributed by atoms with Crippen molar-refractivity contribution in [1.82, 2.24) is 9.88 Å². The Hall–Kier alpha value is -2.08. The first-order valence-corrected chi connectivity index (χ1v) is 7.84. The van der Waals surface area contributed by atoms with Crippen LogP contribution in [0.1, 0.15) is 4.88 Å². The van der Waals surface area contributed by atoms with E-state index in [0.29, 0.717) is 6.42 Å².